The molecule has 4 aromatic rings. The number of rotatable bonds is 6. The zero-order valence-electron chi connectivity index (χ0n) is 17.6. The first-order chi connectivity index (χ1) is 16.0. The molecule has 0 bridgehead atoms. The van der Waals surface area contributed by atoms with Crippen LogP contribution in [0.15, 0.2) is 89.0 Å². The van der Waals surface area contributed by atoms with E-state index in [4.69, 9.17) is 0 Å². The third-order valence-electron chi connectivity index (χ3n) is 4.99. The highest BCUT2D eigenvalue weighted by atomic mass is 16.2. The maximum absolute atomic E-state index is 13.2. The zero-order chi connectivity index (χ0) is 23.2. The Hall–Kier alpha value is -4.66. The van der Waals surface area contributed by atoms with Crippen molar-refractivity contribution in [2.24, 2.45) is 5.10 Å². The van der Waals surface area contributed by atoms with Crippen LogP contribution in [0.25, 0.3) is 10.8 Å². The SMILES string of the molecule is C/C(=N\NC(=O)C(NC(=O)c1ccccc1)c1n[nH]c(=O)c2ccccc12)c1cccnc1. The van der Waals surface area contributed by atoms with Gasteiger partial charge in [0.05, 0.1) is 11.1 Å². The summed E-state index contributed by atoms with van der Waals surface area (Å²) in [6, 6.07) is 17.6. The smallest absolute Gasteiger partial charge is 0.272 e. The molecular weight excluding hydrogens is 420 g/mol. The maximum Gasteiger partial charge on any atom is 0.272 e. The minimum atomic E-state index is -1.22. The number of pyridine rings is 1. The van der Waals surface area contributed by atoms with Gasteiger partial charge in [-0.05, 0) is 31.2 Å². The Morgan fingerprint density at radius 3 is 2.36 bits per heavy atom. The number of nitrogens with zero attached hydrogens (tertiary/aromatic N) is 3. The normalized spacial score (nSPS) is 12.2. The van der Waals surface area contributed by atoms with Gasteiger partial charge >= 0.3 is 0 Å². The van der Waals surface area contributed by atoms with Gasteiger partial charge in [0.1, 0.15) is 5.69 Å². The molecule has 9 nitrogen and oxygen atoms in total. The average molecular weight is 440 g/mol. The monoisotopic (exact) mass is 440 g/mol. The van der Waals surface area contributed by atoms with Crippen molar-refractivity contribution in [1.82, 2.24) is 25.9 Å². The van der Waals surface area contributed by atoms with E-state index in [1.54, 1.807) is 80.0 Å². The third-order valence-corrected chi connectivity index (χ3v) is 4.99. The molecule has 0 aliphatic heterocycles. The summed E-state index contributed by atoms with van der Waals surface area (Å²) in [5.41, 5.74) is 3.93. The van der Waals surface area contributed by atoms with Crippen molar-refractivity contribution in [2.75, 3.05) is 0 Å². The molecule has 0 radical (unpaired) electrons. The highest BCUT2D eigenvalue weighted by molar-refractivity contribution is 6.01. The number of carbonyl (C=O) groups excluding carboxylic acids is 2. The fourth-order valence-corrected chi connectivity index (χ4v) is 3.26. The van der Waals surface area contributed by atoms with E-state index in [2.05, 4.69) is 31.0 Å². The molecule has 3 N–H and O–H groups in total. The van der Waals surface area contributed by atoms with E-state index in [9.17, 15) is 14.4 Å². The lowest BCUT2D eigenvalue weighted by molar-refractivity contribution is -0.123. The molecule has 2 heterocycles. The van der Waals surface area contributed by atoms with Gasteiger partial charge in [0.2, 0.25) is 0 Å². The second-order valence-electron chi connectivity index (χ2n) is 7.17. The molecule has 1 unspecified atom stereocenters. The largest absolute Gasteiger partial charge is 0.335 e. The first-order valence-corrected chi connectivity index (χ1v) is 10.1. The number of amides is 2. The van der Waals surface area contributed by atoms with E-state index in [1.807, 2.05) is 6.07 Å². The standard InChI is InChI=1S/C24H20N6O3/c1-15(17-10-7-13-25-14-17)27-30-24(33)21(26-22(31)16-8-3-2-4-9-16)20-18-11-5-6-12-19(18)23(32)29-28-20/h2-14,21H,1H3,(H,26,31)(H,29,32)(H,30,33)/b27-15+. The van der Waals surface area contributed by atoms with E-state index in [0.29, 0.717) is 22.0 Å². The van der Waals surface area contributed by atoms with Crippen molar-refractivity contribution in [3.8, 4) is 0 Å². The topological polar surface area (TPSA) is 129 Å². The molecule has 0 aliphatic rings. The fraction of sp³-hybridized carbons (Fsp3) is 0.0833. The Labute approximate surface area is 188 Å². The number of fused-ring (bicyclic) bond motifs is 1. The number of benzene rings is 2. The average Bonchev–Trinajstić information content (AvgIpc) is 2.87. The number of hydrogen-bond donors (Lipinski definition) is 3. The molecule has 2 amide bonds. The molecule has 1 atom stereocenters. The Balaban J connectivity index is 1.70. The van der Waals surface area contributed by atoms with E-state index in [1.165, 1.54) is 0 Å². The van der Waals surface area contributed by atoms with Crippen molar-refractivity contribution in [1.29, 1.82) is 0 Å². The summed E-state index contributed by atoms with van der Waals surface area (Å²) >= 11 is 0. The van der Waals surface area contributed by atoms with E-state index < -0.39 is 23.4 Å². The number of nitrogens with one attached hydrogen (secondary N) is 3. The van der Waals surface area contributed by atoms with Gasteiger partial charge in [-0.25, -0.2) is 10.5 Å². The number of hydrazone groups is 1. The van der Waals surface area contributed by atoms with Crippen molar-refractivity contribution in [3.05, 3.63) is 106 Å². The second-order valence-corrected chi connectivity index (χ2v) is 7.17. The summed E-state index contributed by atoms with van der Waals surface area (Å²) in [6.45, 7) is 1.72. The summed E-state index contributed by atoms with van der Waals surface area (Å²) in [6.07, 6.45) is 3.26. The van der Waals surface area contributed by atoms with Crippen LogP contribution in [0.5, 0.6) is 0 Å². The molecule has 0 fully saturated rings. The quantitative estimate of drug-likeness (QED) is 0.313. The number of hydrogen-bond acceptors (Lipinski definition) is 6. The van der Waals surface area contributed by atoms with Crippen molar-refractivity contribution >= 4 is 28.3 Å². The molecular formula is C24H20N6O3. The number of carbonyl (C=O) groups is 2. The molecule has 4 rings (SSSR count). The summed E-state index contributed by atoms with van der Waals surface area (Å²) in [5, 5.41) is 14.1. The van der Waals surface area contributed by atoms with E-state index in [0.717, 1.165) is 5.56 Å². The van der Waals surface area contributed by atoms with Gasteiger partial charge in [-0.3, -0.25) is 19.4 Å². The summed E-state index contributed by atoms with van der Waals surface area (Å²) in [5.74, 6) is -1.09. The first kappa shape index (κ1) is 21.6. The van der Waals surface area contributed by atoms with Crippen LogP contribution < -0.4 is 16.3 Å². The molecule has 9 heteroatoms. The predicted octanol–water partition coefficient (Wildman–Crippen LogP) is 2.33. The highest BCUT2D eigenvalue weighted by Crippen LogP contribution is 2.20. The van der Waals surface area contributed by atoms with Gasteiger partial charge in [-0.2, -0.15) is 10.2 Å². The molecule has 0 saturated carbocycles. The van der Waals surface area contributed by atoms with Crippen LogP contribution >= 0.6 is 0 Å². The van der Waals surface area contributed by atoms with Crippen molar-refractivity contribution < 1.29 is 9.59 Å². The van der Waals surface area contributed by atoms with Crippen LogP contribution in [0.3, 0.4) is 0 Å². The predicted molar refractivity (Wildman–Crippen MR) is 124 cm³/mol. The lowest BCUT2D eigenvalue weighted by atomic mass is 10.0. The Morgan fingerprint density at radius 2 is 1.64 bits per heavy atom. The molecule has 0 aliphatic carbocycles. The minimum Gasteiger partial charge on any atom is -0.335 e. The minimum absolute atomic E-state index is 0.196. The Morgan fingerprint density at radius 1 is 0.939 bits per heavy atom. The van der Waals surface area contributed by atoms with Gasteiger partial charge in [0.15, 0.2) is 6.04 Å². The number of aromatic amines is 1. The first-order valence-electron chi connectivity index (χ1n) is 10.1. The van der Waals surface area contributed by atoms with Crippen LogP contribution in [0, 0.1) is 0 Å². The molecule has 0 saturated heterocycles. The maximum atomic E-state index is 13.2. The summed E-state index contributed by atoms with van der Waals surface area (Å²) in [4.78, 5) is 42.3. The van der Waals surface area contributed by atoms with Gasteiger partial charge in [0.25, 0.3) is 17.4 Å². The van der Waals surface area contributed by atoms with Gasteiger partial charge in [0, 0.05) is 28.9 Å². The van der Waals surface area contributed by atoms with Crippen molar-refractivity contribution in [3.63, 3.8) is 0 Å². The molecule has 0 spiro atoms. The molecule has 2 aromatic carbocycles. The zero-order valence-corrected chi connectivity index (χ0v) is 17.6. The van der Waals surface area contributed by atoms with Crippen LogP contribution in [0.2, 0.25) is 0 Å². The lowest BCUT2D eigenvalue weighted by Crippen LogP contribution is -2.40. The summed E-state index contributed by atoms with van der Waals surface area (Å²) in [7, 11) is 0. The fourth-order valence-electron chi connectivity index (χ4n) is 3.26. The Kier molecular flexibility index (Phi) is 6.31. The summed E-state index contributed by atoms with van der Waals surface area (Å²) < 4.78 is 0. The van der Waals surface area contributed by atoms with Crippen LogP contribution in [0.1, 0.15) is 34.6 Å². The number of H-pyrrole nitrogens is 1. The Bertz CT molecular complexity index is 1380. The van der Waals surface area contributed by atoms with Crippen LogP contribution in [0.4, 0.5) is 0 Å². The second kappa shape index (κ2) is 9.65. The van der Waals surface area contributed by atoms with Crippen LogP contribution in [-0.4, -0.2) is 32.7 Å². The van der Waals surface area contributed by atoms with Gasteiger partial charge in [-0.15, -0.1) is 0 Å². The van der Waals surface area contributed by atoms with E-state index in [-0.39, 0.29) is 5.69 Å². The molecule has 164 valence electrons. The van der Waals surface area contributed by atoms with Gasteiger partial charge in [-0.1, -0.05) is 42.5 Å². The highest BCUT2D eigenvalue weighted by Gasteiger charge is 2.27. The molecule has 2 aromatic heterocycles. The van der Waals surface area contributed by atoms with Crippen LogP contribution in [-0.2, 0) is 4.79 Å². The van der Waals surface area contributed by atoms with E-state index >= 15 is 0 Å². The molecule has 33 heavy (non-hydrogen) atoms. The third kappa shape index (κ3) is 4.82. The number of aromatic nitrogens is 3. The van der Waals surface area contributed by atoms with Gasteiger partial charge < -0.3 is 5.32 Å². The van der Waals surface area contributed by atoms with Crippen molar-refractivity contribution in [2.45, 2.75) is 13.0 Å². The lowest BCUT2D eigenvalue weighted by Gasteiger charge is -2.18.